The molecule has 144 valence electrons. The zero-order chi connectivity index (χ0) is 18.8. The Morgan fingerprint density at radius 3 is 2.08 bits per heavy atom. The van der Waals surface area contributed by atoms with Gasteiger partial charge in [-0.25, -0.2) is 0 Å². The number of methoxy groups -OCH3 is 1. The second-order valence-electron chi connectivity index (χ2n) is 6.93. The maximum Gasteiger partial charge on any atom is 0.219 e. The highest BCUT2D eigenvalue weighted by Crippen LogP contribution is 2.50. The van der Waals surface area contributed by atoms with Crippen molar-refractivity contribution in [1.29, 1.82) is 0 Å². The van der Waals surface area contributed by atoms with Crippen molar-refractivity contribution in [2.24, 2.45) is 5.92 Å². The van der Waals surface area contributed by atoms with Gasteiger partial charge in [0, 0.05) is 7.11 Å². The second-order valence-corrected chi connectivity index (χ2v) is 9.21. The van der Waals surface area contributed by atoms with Crippen LogP contribution in [0.3, 0.4) is 0 Å². The quantitative estimate of drug-likeness (QED) is 0.254. The smallest absolute Gasteiger partial charge is 0.219 e. The van der Waals surface area contributed by atoms with E-state index in [2.05, 4.69) is 38.1 Å². The lowest BCUT2D eigenvalue weighted by Gasteiger charge is -2.45. The number of hydrogen-bond donors (Lipinski definition) is 0. The minimum absolute atomic E-state index is 0.175. The summed E-state index contributed by atoms with van der Waals surface area (Å²) in [6.07, 6.45) is 9.73. The number of ether oxygens (including phenoxy) is 1. The van der Waals surface area contributed by atoms with Gasteiger partial charge in [-0.05, 0) is 30.7 Å². The van der Waals surface area contributed by atoms with Gasteiger partial charge in [-0.1, -0.05) is 118 Å². The third-order valence-electron chi connectivity index (χ3n) is 5.11. The molecule has 2 unspecified atom stereocenters. The predicted molar refractivity (Wildman–Crippen MR) is 112 cm³/mol. The first-order valence-corrected chi connectivity index (χ1v) is 10.7. The molecule has 1 nitrogen and oxygen atoms in total. The molecule has 0 fully saturated rings. The minimum atomic E-state index is -1.44. The molecule has 4 heteroatoms. The van der Waals surface area contributed by atoms with Gasteiger partial charge in [-0.2, -0.15) is 0 Å². The molecule has 0 aromatic heterocycles. The van der Waals surface area contributed by atoms with Crippen LogP contribution >= 0.6 is 34.8 Å². The first kappa shape index (κ1) is 23.1. The molecule has 0 aliphatic carbocycles. The van der Waals surface area contributed by atoms with Gasteiger partial charge in [0.15, 0.2) is 0 Å². The third-order valence-corrected chi connectivity index (χ3v) is 6.07. The molecule has 0 amide bonds. The molecule has 0 saturated heterocycles. The van der Waals surface area contributed by atoms with Crippen LogP contribution in [0.1, 0.15) is 70.8 Å². The highest BCUT2D eigenvalue weighted by Gasteiger charge is 2.53. The van der Waals surface area contributed by atoms with E-state index in [-0.39, 0.29) is 5.92 Å². The Hall–Kier alpha value is 0.0500. The highest BCUT2D eigenvalue weighted by atomic mass is 35.6. The van der Waals surface area contributed by atoms with Gasteiger partial charge in [0.05, 0.1) is 0 Å². The van der Waals surface area contributed by atoms with Crippen LogP contribution in [0.2, 0.25) is 0 Å². The lowest BCUT2D eigenvalue weighted by Crippen LogP contribution is -2.52. The van der Waals surface area contributed by atoms with Crippen LogP contribution in [0.5, 0.6) is 0 Å². The second kappa shape index (κ2) is 11.7. The van der Waals surface area contributed by atoms with Crippen molar-refractivity contribution in [3.63, 3.8) is 0 Å². The van der Waals surface area contributed by atoms with Crippen LogP contribution < -0.4 is 0 Å². The molecular weight excluding hydrogens is 375 g/mol. The molecule has 0 heterocycles. The molecule has 0 radical (unpaired) electrons. The summed E-state index contributed by atoms with van der Waals surface area (Å²) in [4.78, 5) is 0. The maximum absolute atomic E-state index is 6.46. The Bertz CT molecular complexity index is 458. The summed E-state index contributed by atoms with van der Waals surface area (Å²) in [5, 5.41) is 0. The molecule has 1 aromatic rings. The number of unbranched alkanes of at least 4 members (excludes halogenated alkanes) is 4. The van der Waals surface area contributed by atoms with Crippen molar-refractivity contribution in [1.82, 2.24) is 0 Å². The monoisotopic (exact) mass is 406 g/mol. The van der Waals surface area contributed by atoms with Crippen molar-refractivity contribution < 1.29 is 4.74 Å². The van der Waals surface area contributed by atoms with Gasteiger partial charge in [0.1, 0.15) is 5.60 Å². The third kappa shape index (κ3) is 6.94. The van der Waals surface area contributed by atoms with Crippen LogP contribution in [-0.2, 0) is 11.2 Å². The molecular formula is C21H33Cl3O. The largest absolute Gasteiger partial charge is 0.373 e. The Morgan fingerprint density at radius 1 is 0.920 bits per heavy atom. The summed E-state index contributed by atoms with van der Waals surface area (Å²) in [5.41, 5.74) is 0.514. The average Bonchev–Trinajstić information content (AvgIpc) is 2.58. The topological polar surface area (TPSA) is 9.23 Å². The van der Waals surface area contributed by atoms with Gasteiger partial charge in [0.25, 0.3) is 0 Å². The summed E-state index contributed by atoms with van der Waals surface area (Å²) >= 11 is 19.4. The van der Waals surface area contributed by atoms with E-state index in [0.29, 0.717) is 0 Å². The highest BCUT2D eigenvalue weighted by molar-refractivity contribution is 6.68. The summed E-state index contributed by atoms with van der Waals surface area (Å²) in [5.74, 6) is 0.175. The van der Waals surface area contributed by atoms with E-state index in [0.717, 1.165) is 32.1 Å². The summed E-state index contributed by atoms with van der Waals surface area (Å²) < 4.78 is 4.52. The molecule has 0 N–H and O–H groups in total. The Balaban J connectivity index is 2.99. The standard InChI is InChI=1S/C21H33Cl3O/c1-4-6-7-8-12-15-19(17-18-13-10-9-11-14-18)20(25-3,16-5-2)21(22,23)24/h9-11,13-14,19H,4-8,12,15-17H2,1-3H3. The van der Waals surface area contributed by atoms with E-state index >= 15 is 0 Å². The molecule has 0 spiro atoms. The van der Waals surface area contributed by atoms with Crippen molar-refractivity contribution in [3.05, 3.63) is 35.9 Å². The fourth-order valence-corrected chi connectivity index (χ4v) is 4.70. The van der Waals surface area contributed by atoms with Gasteiger partial charge in [-0.3, -0.25) is 0 Å². The van der Waals surface area contributed by atoms with Crippen LogP contribution in [0.15, 0.2) is 30.3 Å². The summed E-state index contributed by atoms with van der Waals surface area (Å²) in [7, 11) is 1.69. The van der Waals surface area contributed by atoms with E-state index in [1.807, 2.05) is 6.07 Å². The minimum Gasteiger partial charge on any atom is -0.373 e. The normalized spacial score (nSPS) is 15.8. The summed E-state index contributed by atoms with van der Waals surface area (Å²) in [6, 6.07) is 10.5. The van der Waals surface area contributed by atoms with Crippen LogP contribution in [0, 0.1) is 5.92 Å². The van der Waals surface area contributed by atoms with Crippen LogP contribution in [0.25, 0.3) is 0 Å². The zero-order valence-electron chi connectivity index (χ0n) is 15.9. The summed E-state index contributed by atoms with van der Waals surface area (Å²) in [6.45, 7) is 4.35. The molecule has 0 aliphatic rings. The van der Waals surface area contributed by atoms with Crippen molar-refractivity contribution in [3.8, 4) is 0 Å². The number of halogens is 3. The molecule has 0 aliphatic heterocycles. The molecule has 1 aromatic carbocycles. The fraction of sp³-hybridized carbons (Fsp3) is 0.714. The Morgan fingerprint density at radius 2 is 1.56 bits per heavy atom. The first-order chi connectivity index (χ1) is 11.9. The molecule has 0 bridgehead atoms. The van der Waals surface area contributed by atoms with Crippen molar-refractivity contribution >= 4 is 34.8 Å². The Labute approximate surface area is 169 Å². The SMILES string of the molecule is CCCCCCCC(Cc1ccccc1)C(CCC)(OC)C(Cl)(Cl)Cl. The predicted octanol–water partition coefficient (Wildman–Crippen LogP) is 7.76. The van der Waals surface area contributed by atoms with E-state index in [1.165, 1.54) is 31.2 Å². The Kier molecular flexibility index (Phi) is 10.8. The molecule has 1 rings (SSSR count). The van der Waals surface area contributed by atoms with Gasteiger partial charge < -0.3 is 4.74 Å². The van der Waals surface area contributed by atoms with Crippen molar-refractivity contribution in [2.45, 2.75) is 81.0 Å². The van der Waals surface area contributed by atoms with E-state index in [9.17, 15) is 0 Å². The van der Waals surface area contributed by atoms with E-state index < -0.39 is 9.39 Å². The lowest BCUT2D eigenvalue weighted by atomic mass is 9.77. The molecule has 25 heavy (non-hydrogen) atoms. The van der Waals surface area contributed by atoms with Crippen molar-refractivity contribution in [2.75, 3.05) is 7.11 Å². The van der Waals surface area contributed by atoms with Gasteiger partial charge in [-0.15, -0.1) is 0 Å². The molecule has 2 atom stereocenters. The van der Waals surface area contributed by atoms with Gasteiger partial charge >= 0.3 is 0 Å². The fourth-order valence-electron chi connectivity index (χ4n) is 3.73. The van der Waals surface area contributed by atoms with Crippen LogP contribution in [-0.4, -0.2) is 16.5 Å². The van der Waals surface area contributed by atoms with E-state index in [1.54, 1.807) is 7.11 Å². The number of rotatable bonds is 12. The van der Waals surface area contributed by atoms with E-state index in [4.69, 9.17) is 39.5 Å². The number of hydrogen-bond acceptors (Lipinski definition) is 1. The number of benzene rings is 1. The lowest BCUT2D eigenvalue weighted by molar-refractivity contribution is -0.0661. The maximum atomic E-state index is 6.46. The zero-order valence-corrected chi connectivity index (χ0v) is 18.1. The number of alkyl halides is 3. The first-order valence-electron chi connectivity index (χ1n) is 9.57. The van der Waals surface area contributed by atoms with Crippen LogP contribution in [0.4, 0.5) is 0 Å². The van der Waals surface area contributed by atoms with Gasteiger partial charge in [0.2, 0.25) is 3.79 Å². The molecule has 0 saturated carbocycles. The average molecular weight is 408 g/mol.